The number of piperidine rings is 1. The maximum atomic E-state index is 13.0. The summed E-state index contributed by atoms with van der Waals surface area (Å²) in [6.45, 7) is 4.71. The van der Waals surface area contributed by atoms with Crippen LogP contribution in [0.4, 0.5) is 4.79 Å². The monoisotopic (exact) mass is 403 g/mol. The SMILES string of the molecule is Cc1nonc1C(=O)N1CCC([C@]2(C)NC(=O)N(Cc3ccsc3)C2=O)CC1. The van der Waals surface area contributed by atoms with Gasteiger partial charge in [-0.05, 0) is 60.2 Å². The molecule has 1 atom stereocenters. The van der Waals surface area contributed by atoms with Crippen molar-refractivity contribution in [2.24, 2.45) is 5.92 Å². The molecule has 0 unspecified atom stereocenters. The number of imide groups is 1. The molecule has 10 heteroatoms. The van der Waals surface area contributed by atoms with Gasteiger partial charge in [-0.1, -0.05) is 5.16 Å². The molecule has 2 aromatic rings. The van der Waals surface area contributed by atoms with E-state index in [0.717, 1.165) is 5.56 Å². The van der Waals surface area contributed by atoms with Crippen molar-refractivity contribution in [3.8, 4) is 0 Å². The first-order valence-corrected chi connectivity index (χ1v) is 10.1. The second-order valence-electron chi connectivity index (χ2n) is 7.42. The molecule has 2 saturated heterocycles. The van der Waals surface area contributed by atoms with E-state index in [9.17, 15) is 14.4 Å². The second-order valence-corrected chi connectivity index (χ2v) is 8.20. The highest BCUT2D eigenvalue weighted by molar-refractivity contribution is 7.07. The molecule has 1 N–H and O–H groups in total. The molecule has 2 aliphatic heterocycles. The van der Waals surface area contributed by atoms with Crippen LogP contribution in [0.25, 0.3) is 0 Å². The van der Waals surface area contributed by atoms with Crippen molar-refractivity contribution in [2.75, 3.05) is 13.1 Å². The van der Waals surface area contributed by atoms with Gasteiger partial charge in [0, 0.05) is 13.1 Å². The molecule has 148 valence electrons. The molecule has 9 nitrogen and oxygen atoms in total. The average Bonchev–Trinajstić information content (AvgIpc) is 3.40. The predicted octanol–water partition coefficient (Wildman–Crippen LogP) is 1.80. The quantitative estimate of drug-likeness (QED) is 0.780. The average molecular weight is 403 g/mol. The lowest BCUT2D eigenvalue weighted by Crippen LogP contribution is -2.54. The summed E-state index contributed by atoms with van der Waals surface area (Å²) in [7, 11) is 0. The third-order valence-corrected chi connectivity index (χ3v) is 6.41. The lowest BCUT2D eigenvalue weighted by Gasteiger charge is -2.38. The minimum Gasteiger partial charge on any atom is -0.337 e. The molecule has 0 saturated carbocycles. The van der Waals surface area contributed by atoms with Crippen LogP contribution >= 0.6 is 11.3 Å². The van der Waals surface area contributed by atoms with Crippen molar-refractivity contribution in [3.05, 3.63) is 33.8 Å². The highest BCUT2D eigenvalue weighted by Gasteiger charge is 2.53. The van der Waals surface area contributed by atoms with Crippen LogP contribution in [0.2, 0.25) is 0 Å². The number of thiophene rings is 1. The van der Waals surface area contributed by atoms with Crippen LogP contribution in [0.5, 0.6) is 0 Å². The molecule has 0 radical (unpaired) electrons. The molecule has 2 fully saturated rings. The summed E-state index contributed by atoms with van der Waals surface area (Å²) in [4.78, 5) is 41.0. The molecule has 0 bridgehead atoms. The summed E-state index contributed by atoms with van der Waals surface area (Å²) >= 11 is 1.53. The summed E-state index contributed by atoms with van der Waals surface area (Å²) in [6, 6.07) is 1.55. The number of likely N-dealkylation sites (tertiary alicyclic amines) is 1. The van der Waals surface area contributed by atoms with Gasteiger partial charge >= 0.3 is 6.03 Å². The van der Waals surface area contributed by atoms with E-state index < -0.39 is 5.54 Å². The van der Waals surface area contributed by atoms with Gasteiger partial charge in [0.25, 0.3) is 11.8 Å². The Labute approximate surface area is 165 Å². The van der Waals surface area contributed by atoms with Crippen molar-refractivity contribution in [1.82, 2.24) is 25.4 Å². The number of aryl methyl sites for hydroxylation is 1. The lowest BCUT2D eigenvalue weighted by atomic mass is 9.79. The third kappa shape index (κ3) is 3.07. The minimum atomic E-state index is -0.951. The van der Waals surface area contributed by atoms with Crippen molar-refractivity contribution < 1.29 is 19.0 Å². The van der Waals surface area contributed by atoms with E-state index in [1.807, 2.05) is 16.8 Å². The molecule has 4 amide bonds. The topological polar surface area (TPSA) is 109 Å². The van der Waals surface area contributed by atoms with E-state index >= 15 is 0 Å². The Balaban J connectivity index is 1.42. The normalized spacial score (nSPS) is 23.4. The summed E-state index contributed by atoms with van der Waals surface area (Å²) < 4.78 is 4.61. The summed E-state index contributed by atoms with van der Waals surface area (Å²) in [5.74, 6) is -0.467. The highest BCUT2D eigenvalue weighted by atomic mass is 32.1. The molecule has 0 aliphatic carbocycles. The van der Waals surface area contributed by atoms with E-state index in [-0.39, 0.29) is 36.0 Å². The zero-order valence-corrected chi connectivity index (χ0v) is 16.5. The Kier molecular flexibility index (Phi) is 4.66. The van der Waals surface area contributed by atoms with Gasteiger partial charge in [-0.15, -0.1) is 0 Å². The fraction of sp³-hybridized carbons (Fsp3) is 0.500. The molecule has 28 heavy (non-hydrogen) atoms. The Morgan fingerprint density at radius 1 is 1.36 bits per heavy atom. The Hall–Kier alpha value is -2.75. The van der Waals surface area contributed by atoms with Crippen LogP contribution < -0.4 is 5.32 Å². The van der Waals surface area contributed by atoms with Gasteiger partial charge in [0.2, 0.25) is 0 Å². The van der Waals surface area contributed by atoms with E-state index in [0.29, 0.717) is 31.6 Å². The molecule has 4 heterocycles. The third-order valence-electron chi connectivity index (χ3n) is 5.68. The predicted molar refractivity (Wildman–Crippen MR) is 99.5 cm³/mol. The van der Waals surface area contributed by atoms with Gasteiger partial charge in [0.15, 0.2) is 5.69 Å². The lowest BCUT2D eigenvalue weighted by molar-refractivity contribution is -0.133. The van der Waals surface area contributed by atoms with Crippen LogP contribution in [0.1, 0.15) is 41.5 Å². The fourth-order valence-electron chi connectivity index (χ4n) is 3.94. The smallest absolute Gasteiger partial charge is 0.325 e. The zero-order valence-electron chi connectivity index (χ0n) is 15.7. The Bertz CT molecular complexity index is 903. The van der Waals surface area contributed by atoms with E-state index in [1.165, 1.54) is 16.2 Å². The molecule has 0 spiro atoms. The van der Waals surface area contributed by atoms with E-state index in [1.54, 1.807) is 18.7 Å². The number of amides is 4. The van der Waals surface area contributed by atoms with Crippen LogP contribution in [0.3, 0.4) is 0 Å². The largest absolute Gasteiger partial charge is 0.337 e. The number of carbonyl (C=O) groups excluding carboxylic acids is 3. The van der Waals surface area contributed by atoms with Crippen molar-refractivity contribution >= 4 is 29.2 Å². The van der Waals surface area contributed by atoms with Crippen molar-refractivity contribution in [2.45, 2.75) is 38.8 Å². The van der Waals surface area contributed by atoms with Crippen LogP contribution in [0, 0.1) is 12.8 Å². The van der Waals surface area contributed by atoms with Gasteiger partial charge in [0.05, 0.1) is 6.54 Å². The van der Waals surface area contributed by atoms with Gasteiger partial charge in [-0.3, -0.25) is 14.5 Å². The van der Waals surface area contributed by atoms with Crippen LogP contribution in [-0.4, -0.2) is 56.6 Å². The molecular weight excluding hydrogens is 382 g/mol. The van der Waals surface area contributed by atoms with Crippen molar-refractivity contribution in [3.63, 3.8) is 0 Å². The number of hydrogen-bond acceptors (Lipinski definition) is 7. The summed E-state index contributed by atoms with van der Waals surface area (Å²) in [6.07, 6.45) is 1.23. The Morgan fingerprint density at radius 3 is 2.71 bits per heavy atom. The van der Waals surface area contributed by atoms with E-state index in [2.05, 4.69) is 20.3 Å². The number of urea groups is 1. The number of nitrogens with one attached hydrogen (secondary N) is 1. The molecule has 4 rings (SSSR count). The zero-order chi connectivity index (χ0) is 19.9. The first-order chi connectivity index (χ1) is 13.4. The van der Waals surface area contributed by atoms with Gasteiger partial charge in [-0.25, -0.2) is 9.42 Å². The fourth-order valence-corrected chi connectivity index (χ4v) is 4.60. The molecule has 2 aliphatic rings. The number of rotatable bonds is 4. The maximum Gasteiger partial charge on any atom is 0.325 e. The van der Waals surface area contributed by atoms with Crippen LogP contribution in [0.15, 0.2) is 21.5 Å². The summed E-state index contributed by atoms with van der Waals surface area (Å²) in [5, 5.41) is 14.1. The molecule has 2 aromatic heterocycles. The van der Waals surface area contributed by atoms with Crippen molar-refractivity contribution in [1.29, 1.82) is 0 Å². The Morgan fingerprint density at radius 2 is 2.11 bits per heavy atom. The standard InChI is InChI=1S/C18H21N5O4S/c1-11-14(21-27-20-11)15(24)22-6-3-13(4-7-22)18(2)16(25)23(17(26)19-18)9-12-5-8-28-10-12/h5,8,10,13H,3-4,6-7,9H2,1-2H3,(H,19,26)/t18-/m0/s1. The van der Waals surface area contributed by atoms with Gasteiger partial charge < -0.3 is 10.2 Å². The molecular formula is C18H21N5O4S. The summed E-state index contributed by atoms with van der Waals surface area (Å²) in [5.41, 5.74) is 0.668. The van der Waals surface area contributed by atoms with Gasteiger partial charge in [0.1, 0.15) is 11.2 Å². The number of aromatic nitrogens is 2. The van der Waals surface area contributed by atoms with Gasteiger partial charge in [-0.2, -0.15) is 11.3 Å². The molecule has 0 aromatic carbocycles. The number of nitrogens with zero attached hydrogens (tertiary/aromatic N) is 4. The first kappa shape index (κ1) is 18.6. The first-order valence-electron chi connectivity index (χ1n) is 9.14. The number of carbonyl (C=O) groups is 3. The highest BCUT2D eigenvalue weighted by Crippen LogP contribution is 2.34. The maximum absolute atomic E-state index is 13.0. The second kappa shape index (κ2) is 7.01. The number of hydrogen-bond donors (Lipinski definition) is 1. The minimum absolute atomic E-state index is 0.0444. The van der Waals surface area contributed by atoms with Crippen LogP contribution in [-0.2, 0) is 11.3 Å². The van der Waals surface area contributed by atoms with E-state index in [4.69, 9.17) is 0 Å².